The van der Waals surface area contributed by atoms with Crippen molar-refractivity contribution in [1.82, 2.24) is 4.90 Å². The lowest BCUT2D eigenvalue weighted by Crippen LogP contribution is -2.50. The first-order valence-corrected chi connectivity index (χ1v) is 6.00. The molecular formula is C13H21N3O. The van der Waals surface area contributed by atoms with E-state index < -0.39 is 0 Å². The van der Waals surface area contributed by atoms with Crippen molar-refractivity contribution in [3.63, 3.8) is 0 Å². The second kappa shape index (κ2) is 4.84. The first kappa shape index (κ1) is 12.0. The molecule has 0 spiro atoms. The number of benzene rings is 1. The summed E-state index contributed by atoms with van der Waals surface area (Å²) in [5.74, 6) is 0.863. The number of hydrogen-bond donors (Lipinski definition) is 1. The Bertz CT molecular complexity index is 394. The van der Waals surface area contributed by atoms with Gasteiger partial charge in [-0.25, -0.2) is 0 Å². The van der Waals surface area contributed by atoms with Crippen LogP contribution in [0.15, 0.2) is 18.2 Å². The molecule has 1 aromatic carbocycles. The van der Waals surface area contributed by atoms with E-state index >= 15 is 0 Å². The molecule has 4 heteroatoms. The lowest BCUT2D eigenvalue weighted by Gasteiger charge is -2.39. The molecule has 1 atom stereocenters. The second-order valence-electron chi connectivity index (χ2n) is 4.71. The van der Waals surface area contributed by atoms with E-state index in [2.05, 4.69) is 23.8 Å². The fourth-order valence-electron chi connectivity index (χ4n) is 2.22. The van der Waals surface area contributed by atoms with E-state index in [0.717, 1.165) is 36.8 Å². The summed E-state index contributed by atoms with van der Waals surface area (Å²) in [4.78, 5) is 4.74. The van der Waals surface area contributed by atoms with Crippen LogP contribution in [0.1, 0.15) is 6.92 Å². The average Bonchev–Trinajstić information content (AvgIpc) is 2.32. The number of rotatable bonds is 2. The highest BCUT2D eigenvalue weighted by atomic mass is 16.5. The number of methoxy groups -OCH3 is 1. The Morgan fingerprint density at radius 2 is 2.12 bits per heavy atom. The first-order chi connectivity index (χ1) is 8.11. The van der Waals surface area contributed by atoms with Gasteiger partial charge in [-0.3, -0.25) is 0 Å². The number of nitrogens with two attached hydrogens (primary N) is 1. The van der Waals surface area contributed by atoms with Crippen molar-refractivity contribution in [2.45, 2.75) is 13.0 Å². The minimum atomic E-state index is 0.561. The highest BCUT2D eigenvalue weighted by Crippen LogP contribution is 2.31. The van der Waals surface area contributed by atoms with Gasteiger partial charge in [0.05, 0.1) is 12.8 Å². The van der Waals surface area contributed by atoms with Crippen LogP contribution in [0.2, 0.25) is 0 Å². The minimum absolute atomic E-state index is 0.561. The van der Waals surface area contributed by atoms with Crippen LogP contribution in [0.25, 0.3) is 0 Å². The van der Waals surface area contributed by atoms with Crippen LogP contribution in [-0.4, -0.2) is 44.7 Å². The van der Waals surface area contributed by atoms with Crippen LogP contribution in [-0.2, 0) is 0 Å². The van der Waals surface area contributed by atoms with Gasteiger partial charge in [-0.15, -0.1) is 0 Å². The molecule has 1 fully saturated rings. The normalized spacial score (nSPS) is 21.6. The van der Waals surface area contributed by atoms with Gasteiger partial charge >= 0.3 is 0 Å². The zero-order valence-electron chi connectivity index (χ0n) is 10.8. The molecule has 4 nitrogen and oxygen atoms in total. The van der Waals surface area contributed by atoms with E-state index in [-0.39, 0.29) is 0 Å². The highest BCUT2D eigenvalue weighted by molar-refractivity contribution is 5.64. The zero-order valence-corrected chi connectivity index (χ0v) is 10.8. The monoisotopic (exact) mass is 235 g/mol. The van der Waals surface area contributed by atoms with Crippen molar-refractivity contribution in [2.75, 3.05) is 44.4 Å². The molecule has 0 bridgehead atoms. The molecule has 1 aliphatic rings. The first-order valence-electron chi connectivity index (χ1n) is 6.00. The van der Waals surface area contributed by atoms with Crippen molar-refractivity contribution in [1.29, 1.82) is 0 Å². The maximum atomic E-state index is 5.78. The topological polar surface area (TPSA) is 41.7 Å². The van der Waals surface area contributed by atoms with Gasteiger partial charge in [0.1, 0.15) is 5.75 Å². The quantitative estimate of drug-likeness (QED) is 0.787. The molecule has 0 aliphatic carbocycles. The summed E-state index contributed by atoms with van der Waals surface area (Å²) in [7, 11) is 3.86. The minimum Gasteiger partial charge on any atom is -0.495 e. The Labute approximate surface area is 103 Å². The summed E-state index contributed by atoms with van der Waals surface area (Å²) in [5.41, 5.74) is 7.66. The van der Waals surface area contributed by atoms with Crippen molar-refractivity contribution in [2.24, 2.45) is 0 Å². The third-order valence-electron chi connectivity index (χ3n) is 3.50. The molecule has 1 saturated heterocycles. The lowest BCUT2D eigenvalue weighted by atomic mass is 10.1. The van der Waals surface area contributed by atoms with Gasteiger partial charge in [0, 0.05) is 37.4 Å². The van der Waals surface area contributed by atoms with Gasteiger partial charge in [-0.1, -0.05) is 0 Å². The Morgan fingerprint density at radius 1 is 1.35 bits per heavy atom. The predicted octanol–water partition coefficient (Wildman–Crippen LogP) is 1.42. The number of ether oxygens (including phenoxy) is 1. The molecule has 0 saturated carbocycles. The molecule has 1 unspecified atom stereocenters. The standard InChI is InChI=1S/C13H21N3O/c1-10-9-16(7-6-15(10)2)12-5-4-11(14)8-13(12)17-3/h4-5,8,10H,6-7,9,14H2,1-3H3. The molecule has 0 radical (unpaired) electrons. The fraction of sp³-hybridized carbons (Fsp3) is 0.538. The summed E-state index contributed by atoms with van der Waals surface area (Å²) < 4.78 is 5.41. The molecule has 0 amide bonds. The van der Waals surface area contributed by atoms with Gasteiger partial charge in [0.25, 0.3) is 0 Å². The summed E-state index contributed by atoms with van der Waals surface area (Å²) in [6.45, 7) is 5.38. The molecule has 17 heavy (non-hydrogen) atoms. The summed E-state index contributed by atoms with van der Waals surface area (Å²) >= 11 is 0. The van der Waals surface area contributed by atoms with E-state index in [1.165, 1.54) is 0 Å². The van der Waals surface area contributed by atoms with E-state index in [9.17, 15) is 0 Å². The van der Waals surface area contributed by atoms with E-state index in [0.29, 0.717) is 6.04 Å². The second-order valence-corrected chi connectivity index (χ2v) is 4.71. The van der Waals surface area contributed by atoms with Crippen LogP contribution in [0.3, 0.4) is 0 Å². The van der Waals surface area contributed by atoms with Gasteiger partial charge in [-0.05, 0) is 26.1 Å². The third kappa shape index (κ3) is 2.47. The van der Waals surface area contributed by atoms with Crippen LogP contribution >= 0.6 is 0 Å². The zero-order chi connectivity index (χ0) is 12.4. The molecule has 94 valence electrons. The fourth-order valence-corrected chi connectivity index (χ4v) is 2.22. The Hall–Kier alpha value is -1.42. The predicted molar refractivity (Wildman–Crippen MR) is 71.7 cm³/mol. The van der Waals surface area contributed by atoms with E-state index in [1.807, 2.05) is 18.2 Å². The van der Waals surface area contributed by atoms with Crippen LogP contribution in [0.4, 0.5) is 11.4 Å². The van der Waals surface area contributed by atoms with Gasteiger partial charge in [0.15, 0.2) is 0 Å². The molecular weight excluding hydrogens is 214 g/mol. The smallest absolute Gasteiger partial charge is 0.144 e. The molecule has 1 heterocycles. The Balaban J connectivity index is 2.22. The molecule has 1 aromatic rings. The Kier molecular flexibility index (Phi) is 3.43. The molecule has 1 aliphatic heterocycles. The largest absolute Gasteiger partial charge is 0.495 e. The third-order valence-corrected chi connectivity index (χ3v) is 3.50. The van der Waals surface area contributed by atoms with Crippen LogP contribution in [0.5, 0.6) is 5.75 Å². The molecule has 2 N–H and O–H groups in total. The Morgan fingerprint density at radius 3 is 2.76 bits per heavy atom. The lowest BCUT2D eigenvalue weighted by molar-refractivity contribution is 0.233. The summed E-state index contributed by atoms with van der Waals surface area (Å²) in [6.07, 6.45) is 0. The van der Waals surface area contributed by atoms with Gasteiger partial charge in [-0.2, -0.15) is 0 Å². The number of piperazine rings is 1. The number of likely N-dealkylation sites (N-methyl/N-ethyl adjacent to an activating group) is 1. The van der Waals surface area contributed by atoms with Crippen LogP contribution in [0, 0.1) is 0 Å². The van der Waals surface area contributed by atoms with Crippen molar-refractivity contribution in [3.8, 4) is 5.75 Å². The van der Waals surface area contributed by atoms with Crippen LogP contribution < -0.4 is 15.4 Å². The van der Waals surface area contributed by atoms with Gasteiger partial charge in [0.2, 0.25) is 0 Å². The highest BCUT2D eigenvalue weighted by Gasteiger charge is 2.22. The molecule has 2 rings (SSSR count). The van der Waals surface area contributed by atoms with E-state index in [1.54, 1.807) is 7.11 Å². The van der Waals surface area contributed by atoms with Crippen molar-refractivity contribution >= 4 is 11.4 Å². The maximum Gasteiger partial charge on any atom is 0.144 e. The maximum absolute atomic E-state index is 5.78. The summed E-state index contributed by atoms with van der Waals surface area (Å²) in [6, 6.07) is 6.43. The number of anilines is 2. The number of hydrogen-bond acceptors (Lipinski definition) is 4. The molecule has 0 aromatic heterocycles. The van der Waals surface area contributed by atoms with Crippen molar-refractivity contribution in [3.05, 3.63) is 18.2 Å². The number of nitrogen functional groups attached to an aromatic ring is 1. The summed E-state index contributed by atoms with van der Waals surface area (Å²) in [5, 5.41) is 0. The van der Waals surface area contributed by atoms with E-state index in [4.69, 9.17) is 10.5 Å². The van der Waals surface area contributed by atoms with Gasteiger partial charge < -0.3 is 20.3 Å². The number of nitrogens with zero attached hydrogens (tertiary/aromatic N) is 2. The van der Waals surface area contributed by atoms with Crippen molar-refractivity contribution < 1.29 is 4.74 Å². The SMILES string of the molecule is COc1cc(N)ccc1N1CCN(C)C(C)C1. The average molecular weight is 235 g/mol.